The third-order valence-corrected chi connectivity index (χ3v) is 3.47. The van der Waals surface area contributed by atoms with Crippen molar-refractivity contribution < 1.29 is 57.5 Å². The molecular formula is C11H10F9NO3S. The van der Waals surface area contributed by atoms with Crippen molar-refractivity contribution in [3.8, 4) is 0 Å². The second-order valence-electron chi connectivity index (χ2n) is 4.36. The summed E-state index contributed by atoms with van der Waals surface area (Å²) in [6, 6.07) is 6.11. The number of hydrogen-bond acceptors (Lipinski definition) is 3. The van der Waals surface area contributed by atoms with Gasteiger partial charge in [-0.15, -0.1) is 0 Å². The van der Waals surface area contributed by atoms with Crippen LogP contribution in [0.25, 0.3) is 0 Å². The summed E-state index contributed by atoms with van der Waals surface area (Å²) in [7, 11) is -7.42. The van der Waals surface area contributed by atoms with Crippen LogP contribution in [0.2, 0.25) is 0 Å². The van der Waals surface area contributed by atoms with Crippen LogP contribution in [0.3, 0.4) is 0 Å². The Balaban J connectivity index is 0.000000593. The molecule has 0 aliphatic rings. The van der Waals surface area contributed by atoms with E-state index in [1.54, 1.807) is 0 Å². The first-order chi connectivity index (χ1) is 10.9. The van der Waals surface area contributed by atoms with E-state index < -0.39 is 33.4 Å². The summed E-state index contributed by atoms with van der Waals surface area (Å²) in [6.45, 7) is 2.13. The molecule has 0 spiro atoms. The van der Waals surface area contributed by atoms with E-state index >= 15 is 0 Å². The van der Waals surface area contributed by atoms with Gasteiger partial charge in [-0.05, 0) is 0 Å². The molecule has 0 bridgehead atoms. The third-order valence-electron chi connectivity index (χ3n) is 2.58. The van der Waals surface area contributed by atoms with Gasteiger partial charge in [0, 0.05) is 18.6 Å². The van der Waals surface area contributed by atoms with E-state index in [1.165, 1.54) is 5.69 Å². The Kier molecular flexibility index (Phi) is 6.89. The van der Waals surface area contributed by atoms with Crippen molar-refractivity contribution in [3.63, 3.8) is 0 Å². The highest BCUT2D eigenvalue weighted by molar-refractivity contribution is 7.86. The van der Waals surface area contributed by atoms with Gasteiger partial charge in [0.1, 0.15) is 0 Å². The lowest BCUT2D eigenvalue weighted by molar-refractivity contribution is -0.389. The van der Waals surface area contributed by atoms with Crippen molar-refractivity contribution in [1.29, 1.82) is 0 Å². The first-order valence-corrected chi connectivity index (χ1v) is 7.45. The van der Waals surface area contributed by atoms with E-state index in [1.807, 2.05) is 18.3 Å². The van der Waals surface area contributed by atoms with Crippen molar-refractivity contribution in [2.75, 3.05) is 0 Å². The van der Waals surface area contributed by atoms with E-state index in [2.05, 4.69) is 18.0 Å². The zero-order chi connectivity index (χ0) is 20.3. The van der Waals surface area contributed by atoms with Crippen LogP contribution in [0.1, 0.15) is 12.6 Å². The van der Waals surface area contributed by atoms with E-state index in [0.717, 1.165) is 6.42 Å². The summed E-state index contributed by atoms with van der Waals surface area (Å²) in [6.07, 6.45) is -4.13. The number of nitrogens with one attached hydrogen (secondary N) is 1. The van der Waals surface area contributed by atoms with Crippen molar-refractivity contribution in [2.24, 2.45) is 0 Å². The van der Waals surface area contributed by atoms with Crippen LogP contribution in [-0.4, -0.2) is 36.2 Å². The van der Waals surface area contributed by atoms with Gasteiger partial charge >= 0.3 is 23.3 Å². The molecule has 25 heavy (non-hydrogen) atoms. The summed E-state index contributed by atoms with van der Waals surface area (Å²) >= 11 is 0. The van der Waals surface area contributed by atoms with E-state index in [9.17, 15) is 52.5 Å². The Morgan fingerprint density at radius 3 is 1.68 bits per heavy atom. The van der Waals surface area contributed by atoms with Gasteiger partial charge in [0.25, 0.3) is 0 Å². The molecule has 0 saturated carbocycles. The molecule has 0 aliphatic heterocycles. The second-order valence-corrected chi connectivity index (χ2v) is 5.78. The van der Waals surface area contributed by atoms with E-state index in [4.69, 9.17) is 0 Å². The zero-order valence-corrected chi connectivity index (χ0v) is 12.9. The van der Waals surface area contributed by atoms with Crippen molar-refractivity contribution in [1.82, 2.24) is 0 Å². The Hall–Kier alpha value is -1.57. The second kappa shape index (κ2) is 7.35. The highest BCUT2D eigenvalue weighted by Gasteiger charge is 2.83. The summed E-state index contributed by atoms with van der Waals surface area (Å²) in [4.78, 5) is 3.12. The number of alkyl halides is 9. The number of rotatable bonds is 4. The topological polar surface area (TPSA) is 71.3 Å². The summed E-state index contributed by atoms with van der Waals surface area (Å²) in [5.74, 6) is -14.8. The van der Waals surface area contributed by atoms with Gasteiger partial charge in [-0.3, -0.25) is 0 Å². The van der Waals surface area contributed by atoms with Crippen LogP contribution in [0.15, 0.2) is 24.4 Å². The average Bonchev–Trinajstić information content (AvgIpc) is 2.46. The van der Waals surface area contributed by atoms with Crippen LogP contribution < -0.4 is 4.98 Å². The fraction of sp³-hybridized carbons (Fsp3) is 0.545. The molecule has 1 rings (SSSR count). The summed E-state index contributed by atoms with van der Waals surface area (Å²) < 4.78 is 135. The minimum Gasteiger partial charge on any atom is -0.743 e. The van der Waals surface area contributed by atoms with Gasteiger partial charge in [0.05, 0.1) is 0 Å². The zero-order valence-electron chi connectivity index (χ0n) is 12.1. The molecule has 1 heterocycles. The maximum atomic E-state index is 12.2. The largest absolute Gasteiger partial charge is 0.743 e. The minimum atomic E-state index is -7.43. The van der Waals surface area contributed by atoms with Gasteiger partial charge in [-0.25, -0.2) is 13.4 Å². The number of pyridine rings is 1. The first kappa shape index (κ1) is 23.4. The molecule has 0 saturated heterocycles. The molecule has 0 fully saturated rings. The minimum absolute atomic E-state index is 1.08. The number of aromatic nitrogens is 1. The number of aromatic amines is 1. The molecular weight excluding hydrogens is 397 g/mol. The van der Waals surface area contributed by atoms with Gasteiger partial charge in [-0.2, -0.15) is 39.5 Å². The van der Waals surface area contributed by atoms with Crippen LogP contribution in [0.4, 0.5) is 39.5 Å². The molecule has 4 nitrogen and oxygen atoms in total. The predicted octanol–water partition coefficient (Wildman–Crippen LogP) is 3.02. The lowest BCUT2D eigenvalue weighted by Crippen LogP contribution is -2.63. The van der Waals surface area contributed by atoms with Crippen molar-refractivity contribution in [2.45, 2.75) is 36.6 Å². The summed E-state index contributed by atoms with van der Waals surface area (Å²) in [5.41, 5.74) is 1.28. The average molecular weight is 407 g/mol. The van der Waals surface area contributed by atoms with Crippen LogP contribution in [0, 0.1) is 0 Å². The Bertz CT molecular complexity index is 659. The molecule has 0 aliphatic carbocycles. The highest BCUT2D eigenvalue weighted by Crippen LogP contribution is 2.54. The molecule has 0 amide bonds. The van der Waals surface area contributed by atoms with E-state index in [-0.39, 0.29) is 0 Å². The van der Waals surface area contributed by atoms with Gasteiger partial charge < -0.3 is 4.55 Å². The third kappa shape index (κ3) is 4.74. The van der Waals surface area contributed by atoms with Crippen LogP contribution >= 0.6 is 0 Å². The predicted molar refractivity (Wildman–Crippen MR) is 63.0 cm³/mol. The Morgan fingerprint density at radius 1 is 0.960 bits per heavy atom. The number of hydrogen-bond donors (Lipinski definition) is 0. The highest BCUT2D eigenvalue weighted by atomic mass is 32.2. The Labute approximate surface area is 135 Å². The molecule has 1 N–H and O–H groups in total. The smallest absolute Gasteiger partial charge is 0.460 e. The van der Waals surface area contributed by atoms with Crippen molar-refractivity contribution >= 4 is 10.1 Å². The quantitative estimate of drug-likeness (QED) is 0.569. The maximum absolute atomic E-state index is 12.2. The lowest BCUT2D eigenvalue weighted by atomic mass is 10.1. The summed E-state index contributed by atoms with van der Waals surface area (Å²) in [5, 5.41) is -7.11. The fourth-order valence-corrected chi connectivity index (χ4v) is 1.61. The number of aryl methyl sites for hydroxylation is 1. The maximum Gasteiger partial charge on any atom is 0.460 e. The SMILES string of the molecule is CCc1cccc[nH+]1.O=S(=O)([O-])C(F)(F)C(F)(F)C(F)(F)C(F)(F)F. The molecule has 0 aromatic carbocycles. The van der Waals surface area contributed by atoms with E-state index in [0.29, 0.717) is 0 Å². The molecule has 1 aromatic rings. The molecule has 0 unspecified atom stereocenters. The van der Waals surface area contributed by atoms with Gasteiger partial charge in [0.2, 0.25) is 0 Å². The monoisotopic (exact) mass is 407 g/mol. The van der Waals surface area contributed by atoms with Crippen LogP contribution in [-0.2, 0) is 16.5 Å². The van der Waals surface area contributed by atoms with Gasteiger partial charge in [0.15, 0.2) is 22.0 Å². The van der Waals surface area contributed by atoms with Gasteiger partial charge in [-0.1, -0.05) is 13.0 Å². The molecule has 14 heteroatoms. The van der Waals surface area contributed by atoms with Crippen molar-refractivity contribution in [3.05, 3.63) is 30.1 Å². The first-order valence-electron chi connectivity index (χ1n) is 6.04. The standard InChI is InChI=1S/C7H9N.C4HF9O3S/c1-2-7-5-3-4-6-8-7;5-1(6,3(9,10)11)2(7,8)4(12,13)17(14,15)16/h3-6H,2H2,1H3;(H,14,15,16). The molecule has 146 valence electrons. The molecule has 1 aromatic heterocycles. The van der Waals surface area contributed by atoms with Crippen LogP contribution in [0.5, 0.6) is 0 Å². The number of H-pyrrole nitrogens is 1. The lowest BCUT2D eigenvalue weighted by Gasteiger charge is -2.34. The normalized spacial score (nSPS) is 13.9. The fourth-order valence-electron chi connectivity index (χ4n) is 1.17. The number of halogens is 9. The molecule has 0 radical (unpaired) electrons. The molecule has 0 atom stereocenters. The Morgan fingerprint density at radius 2 is 1.44 bits per heavy atom.